The number of hydrogen-bond donors (Lipinski definition) is 0. The van der Waals surface area contributed by atoms with Crippen LogP contribution in [0.5, 0.6) is 5.75 Å². The summed E-state index contributed by atoms with van der Waals surface area (Å²) in [5.41, 5.74) is 0.0247. The summed E-state index contributed by atoms with van der Waals surface area (Å²) in [7, 11) is -3.93. The normalized spacial score (nSPS) is 14.9. The molecule has 0 aliphatic carbocycles. The fraction of sp³-hybridized carbons (Fsp3) is 0.238. The van der Waals surface area contributed by atoms with Gasteiger partial charge in [-0.15, -0.1) is 0 Å². The molecule has 0 spiro atoms. The van der Waals surface area contributed by atoms with E-state index in [1.54, 1.807) is 43.3 Å². The standard InChI is InChI=1S/C21H21NO6S/c1-3-13-22-20(15(2)23)21(17-11-7-8-12-18(17)29(22,25)26)28-19(24)14-27-16-9-5-4-6-10-16/h4-12H,3,13-14H2,1-2H3. The minimum absolute atomic E-state index is 0.00905. The van der Waals surface area contributed by atoms with Crippen LogP contribution in [0.25, 0.3) is 5.76 Å². The molecular weight excluding hydrogens is 394 g/mol. The summed E-state index contributed by atoms with van der Waals surface area (Å²) in [4.78, 5) is 24.8. The lowest BCUT2D eigenvalue weighted by atomic mass is 10.1. The van der Waals surface area contributed by atoms with Crippen molar-refractivity contribution in [1.29, 1.82) is 0 Å². The summed E-state index contributed by atoms with van der Waals surface area (Å²) in [5, 5.41) is 0. The Balaban J connectivity index is 1.99. The van der Waals surface area contributed by atoms with E-state index in [9.17, 15) is 18.0 Å². The Morgan fingerprint density at radius 2 is 1.66 bits per heavy atom. The highest BCUT2D eigenvalue weighted by Crippen LogP contribution is 2.37. The number of sulfonamides is 1. The van der Waals surface area contributed by atoms with Crippen LogP contribution in [0, 0.1) is 0 Å². The van der Waals surface area contributed by atoms with Crippen LogP contribution in [0.1, 0.15) is 25.8 Å². The van der Waals surface area contributed by atoms with Gasteiger partial charge in [0.05, 0.1) is 4.90 Å². The number of allylic oxidation sites excluding steroid dienone is 1. The van der Waals surface area contributed by atoms with Crippen molar-refractivity contribution in [2.75, 3.05) is 13.2 Å². The largest absolute Gasteiger partial charge is 0.482 e. The number of carbonyl (C=O) groups excluding carboxylic acids is 2. The number of ether oxygens (including phenoxy) is 2. The quantitative estimate of drug-likeness (QED) is 0.646. The number of rotatable bonds is 7. The van der Waals surface area contributed by atoms with E-state index in [4.69, 9.17) is 9.47 Å². The van der Waals surface area contributed by atoms with Gasteiger partial charge in [-0.1, -0.05) is 37.3 Å². The van der Waals surface area contributed by atoms with E-state index in [-0.39, 0.29) is 35.1 Å². The van der Waals surface area contributed by atoms with Crippen molar-refractivity contribution in [2.45, 2.75) is 25.2 Å². The molecule has 0 atom stereocenters. The van der Waals surface area contributed by atoms with Crippen LogP contribution >= 0.6 is 0 Å². The molecule has 0 saturated heterocycles. The Bertz CT molecular complexity index is 1060. The van der Waals surface area contributed by atoms with Crippen LogP contribution in [-0.4, -0.2) is 37.6 Å². The zero-order chi connectivity index (χ0) is 21.0. The third-order valence-electron chi connectivity index (χ3n) is 4.24. The molecule has 0 fully saturated rings. The van der Waals surface area contributed by atoms with Crippen molar-refractivity contribution >= 4 is 27.5 Å². The summed E-state index contributed by atoms with van der Waals surface area (Å²) in [5.74, 6) is -0.834. The van der Waals surface area contributed by atoms with Gasteiger partial charge in [0, 0.05) is 19.0 Å². The maximum absolute atomic E-state index is 13.0. The molecule has 152 valence electrons. The van der Waals surface area contributed by atoms with Crippen molar-refractivity contribution in [1.82, 2.24) is 4.31 Å². The lowest BCUT2D eigenvalue weighted by Crippen LogP contribution is -2.38. The van der Waals surface area contributed by atoms with Gasteiger partial charge in [0.2, 0.25) is 0 Å². The second kappa shape index (κ2) is 8.48. The minimum atomic E-state index is -3.93. The Kier molecular flexibility index (Phi) is 6.03. The summed E-state index contributed by atoms with van der Waals surface area (Å²) < 4.78 is 37.9. The number of nitrogens with zero attached hydrogens (tertiary/aromatic N) is 1. The van der Waals surface area contributed by atoms with Crippen molar-refractivity contribution in [2.24, 2.45) is 0 Å². The highest BCUT2D eigenvalue weighted by atomic mass is 32.2. The van der Waals surface area contributed by atoms with Crippen LogP contribution in [0.4, 0.5) is 0 Å². The summed E-state index contributed by atoms with van der Waals surface area (Å²) in [6.07, 6.45) is 0.483. The zero-order valence-corrected chi connectivity index (χ0v) is 16.9. The van der Waals surface area contributed by atoms with Gasteiger partial charge in [-0.2, -0.15) is 0 Å². The number of esters is 1. The van der Waals surface area contributed by atoms with E-state index in [1.165, 1.54) is 19.1 Å². The molecule has 2 aromatic rings. The number of benzene rings is 2. The number of Topliss-reactive ketones (excluding diaryl/α,β-unsaturated/α-hetero) is 1. The molecule has 3 rings (SSSR count). The van der Waals surface area contributed by atoms with E-state index in [2.05, 4.69) is 0 Å². The number of fused-ring (bicyclic) bond motifs is 1. The average molecular weight is 415 g/mol. The molecule has 0 N–H and O–H groups in total. The smallest absolute Gasteiger partial charge is 0.349 e. The lowest BCUT2D eigenvalue weighted by molar-refractivity contribution is -0.139. The average Bonchev–Trinajstić information content (AvgIpc) is 2.71. The molecular formula is C21H21NO6S. The van der Waals surface area contributed by atoms with Gasteiger partial charge in [0.15, 0.2) is 18.1 Å². The molecule has 29 heavy (non-hydrogen) atoms. The topological polar surface area (TPSA) is 90.0 Å². The number of para-hydroxylation sites is 1. The van der Waals surface area contributed by atoms with Crippen molar-refractivity contribution in [3.8, 4) is 5.75 Å². The number of hydrogen-bond acceptors (Lipinski definition) is 6. The van der Waals surface area contributed by atoms with Gasteiger partial charge < -0.3 is 9.47 Å². The molecule has 1 aliphatic rings. The first-order chi connectivity index (χ1) is 13.9. The van der Waals surface area contributed by atoms with Crippen LogP contribution < -0.4 is 4.74 Å². The molecule has 0 saturated carbocycles. The molecule has 2 aromatic carbocycles. The van der Waals surface area contributed by atoms with Crippen LogP contribution in [-0.2, 0) is 24.3 Å². The molecule has 0 aromatic heterocycles. The highest BCUT2D eigenvalue weighted by Gasteiger charge is 2.39. The fourth-order valence-corrected chi connectivity index (χ4v) is 4.84. The Morgan fingerprint density at radius 3 is 2.31 bits per heavy atom. The fourth-order valence-electron chi connectivity index (χ4n) is 3.04. The summed E-state index contributed by atoms with van der Waals surface area (Å²) in [6, 6.07) is 14.9. The van der Waals surface area contributed by atoms with E-state index < -0.39 is 21.8 Å². The van der Waals surface area contributed by atoms with E-state index in [1.807, 2.05) is 6.07 Å². The summed E-state index contributed by atoms with van der Waals surface area (Å²) in [6.45, 7) is 2.75. The molecule has 0 bridgehead atoms. The third kappa shape index (κ3) is 4.17. The summed E-state index contributed by atoms with van der Waals surface area (Å²) >= 11 is 0. The van der Waals surface area contributed by atoms with Crippen LogP contribution in [0.3, 0.4) is 0 Å². The van der Waals surface area contributed by atoms with Crippen molar-refractivity contribution in [3.63, 3.8) is 0 Å². The van der Waals surface area contributed by atoms with Crippen LogP contribution in [0.2, 0.25) is 0 Å². The van der Waals surface area contributed by atoms with Gasteiger partial charge in [0.25, 0.3) is 10.0 Å². The van der Waals surface area contributed by atoms with Gasteiger partial charge in [-0.05, 0) is 30.7 Å². The van der Waals surface area contributed by atoms with Crippen LogP contribution in [0.15, 0.2) is 65.2 Å². The lowest BCUT2D eigenvalue weighted by Gasteiger charge is -2.32. The predicted molar refractivity (Wildman–Crippen MR) is 106 cm³/mol. The number of ketones is 1. The zero-order valence-electron chi connectivity index (χ0n) is 16.1. The Labute approximate surface area is 169 Å². The molecule has 1 aliphatic heterocycles. The first kappa shape index (κ1) is 20.6. The van der Waals surface area contributed by atoms with Gasteiger partial charge >= 0.3 is 5.97 Å². The predicted octanol–water partition coefficient (Wildman–Crippen LogP) is 2.98. The molecule has 8 heteroatoms. The monoisotopic (exact) mass is 415 g/mol. The molecule has 0 unspecified atom stereocenters. The molecule has 0 amide bonds. The van der Waals surface area contributed by atoms with Gasteiger partial charge in [0.1, 0.15) is 11.4 Å². The highest BCUT2D eigenvalue weighted by molar-refractivity contribution is 7.89. The molecule has 1 heterocycles. The maximum atomic E-state index is 13.0. The van der Waals surface area contributed by atoms with E-state index in [0.717, 1.165) is 4.31 Å². The molecule has 0 radical (unpaired) electrons. The third-order valence-corrected chi connectivity index (χ3v) is 6.10. The second-order valence-electron chi connectivity index (χ2n) is 6.38. The van der Waals surface area contributed by atoms with Crippen molar-refractivity contribution < 1.29 is 27.5 Å². The second-order valence-corrected chi connectivity index (χ2v) is 8.21. The number of carbonyl (C=O) groups is 2. The first-order valence-electron chi connectivity index (χ1n) is 9.12. The molecule has 7 nitrogen and oxygen atoms in total. The maximum Gasteiger partial charge on any atom is 0.349 e. The van der Waals surface area contributed by atoms with Gasteiger partial charge in [-0.25, -0.2) is 13.2 Å². The first-order valence-corrected chi connectivity index (χ1v) is 10.6. The Hall–Kier alpha value is -3.13. The van der Waals surface area contributed by atoms with Gasteiger partial charge in [-0.3, -0.25) is 9.10 Å². The SMILES string of the molecule is CCCN1C(C(C)=O)=C(OC(=O)COc2ccccc2)c2ccccc2S1(=O)=O. The van der Waals surface area contributed by atoms with Crippen molar-refractivity contribution in [3.05, 3.63) is 65.9 Å². The minimum Gasteiger partial charge on any atom is -0.482 e. The van der Waals surface area contributed by atoms with E-state index >= 15 is 0 Å². The van der Waals surface area contributed by atoms with E-state index in [0.29, 0.717) is 12.2 Å². The Morgan fingerprint density at radius 1 is 1.00 bits per heavy atom.